The van der Waals surface area contributed by atoms with E-state index in [1.54, 1.807) is 0 Å². The molecule has 0 aromatic heterocycles. The van der Waals surface area contributed by atoms with Crippen LogP contribution in [0.5, 0.6) is 0 Å². The van der Waals surface area contributed by atoms with Gasteiger partial charge in [-0.1, -0.05) is 6.42 Å². The van der Waals surface area contributed by atoms with Gasteiger partial charge in [0.05, 0.1) is 0 Å². The van der Waals surface area contributed by atoms with Crippen LogP contribution >= 0.6 is 0 Å². The highest BCUT2D eigenvalue weighted by Gasteiger charge is 2.24. The summed E-state index contributed by atoms with van der Waals surface area (Å²) in [6, 6.07) is 1.24. The molecule has 0 aliphatic carbocycles. The fourth-order valence-corrected chi connectivity index (χ4v) is 3.66. The molecule has 0 saturated carbocycles. The van der Waals surface area contributed by atoms with Gasteiger partial charge in [0.2, 0.25) is 5.91 Å². The molecule has 0 radical (unpaired) electrons. The smallest absolute Gasteiger partial charge is 0.223 e. The van der Waals surface area contributed by atoms with Crippen LogP contribution in [-0.2, 0) is 4.79 Å². The maximum Gasteiger partial charge on any atom is 0.223 e. The highest BCUT2D eigenvalue weighted by molar-refractivity contribution is 5.78. The predicted octanol–water partition coefficient (Wildman–Crippen LogP) is 2.15. The minimum atomic E-state index is 0.225. The zero-order valence-electron chi connectivity index (χ0n) is 13.9. The van der Waals surface area contributed by atoms with Gasteiger partial charge in [0.25, 0.3) is 0 Å². The third-order valence-electron chi connectivity index (χ3n) is 5.11. The second-order valence-electron chi connectivity index (χ2n) is 6.96. The molecule has 2 aliphatic rings. The standard InChI is InChI=1S/C17H33N3O/c1-14-13-16(8-10-18-14)17(21)19-9-4-6-12-20-11-5-3-7-15(20)2/h14-16,18H,3-13H2,1-2H3,(H,19,21)/t14-,15?,16-/m0/s1. The fraction of sp³-hybridized carbons (Fsp3) is 0.941. The summed E-state index contributed by atoms with van der Waals surface area (Å²) in [5, 5.41) is 6.53. The minimum Gasteiger partial charge on any atom is -0.356 e. The Kier molecular flexibility index (Phi) is 6.97. The molecular weight excluding hydrogens is 262 g/mol. The zero-order chi connectivity index (χ0) is 15.1. The Balaban J connectivity index is 1.53. The van der Waals surface area contributed by atoms with Crippen LogP contribution in [0.25, 0.3) is 0 Å². The van der Waals surface area contributed by atoms with E-state index in [2.05, 4.69) is 29.4 Å². The zero-order valence-corrected chi connectivity index (χ0v) is 13.9. The van der Waals surface area contributed by atoms with Crippen LogP contribution in [0.2, 0.25) is 0 Å². The van der Waals surface area contributed by atoms with E-state index in [1.165, 1.54) is 38.8 Å². The van der Waals surface area contributed by atoms with Crippen molar-refractivity contribution in [2.75, 3.05) is 26.2 Å². The van der Waals surface area contributed by atoms with E-state index in [0.717, 1.165) is 38.4 Å². The topological polar surface area (TPSA) is 44.4 Å². The number of nitrogens with one attached hydrogen (secondary N) is 2. The molecule has 2 heterocycles. The lowest BCUT2D eigenvalue weighted by Crippen LogP contribution is -2.42. The quantitative estimate of drug-likeness (QED) is 0.738. The van der Waals surface area contributed by atoms with Crippen LogP contribution in [0.4, 0.5) is 0 Å². The minimum absolute atomic E-state index is 0.225. The van der Waals surface area contributed by atoms with Gasteiger partial charge in [0.15, 0.2) is 0 Å². The van der Waals surface area contributed by atoms with Crippen LogP contribution in [0.15, 0.2) is 0 Å². The van der Waals surface area contributed by atoms with Gasteiger partial charge in [0, 0.05) is 24.5 Å². The van der Waals surface area contributed by atoms with Crippen LogP contribution in [0, 0.1) is 5.92 Å². The normalized spacial score (nSPS) is 31.0. The second kappa shape index (κ2) is 8.74. The molecular formula is C17H33N3O. The molecule has 2 N–H and O–H groups in total. The van der Waals surface area contributed by atoms with Crippen LogP contribution in [-0.4, -0.2) is 49.1 Å². The lowest BCUT2D eigenvalue weighted by Gasteiger charge is -2.33. The summed E-state index contributed by atoms with van der Waals surface area (Å²) in [6.07, 6.45) is 8.38. The van der Waals surface area contributed by atoms with Crippen molar-refractivity contribution in [1.82, 2.24) is 15.5 Å². The number of carbonyl (C=O) groups is 1. The van der Waals surface area contributed by atoms with E-state index in [-0.39, 0.29) is 11.8 Å². The fourth-order valence-electron chi connectivity index (χ4n) is 3.66. The van der Waals surface area contributed by atoms with Crippen molar-refractivity contribution in [2.24, 2.45) is 5.92 Å². The average molecular weight is 295 g/mol. The molecule has 4 heteroatoms. The molecule has 1 amide bonds. The van der Waals surface area contributed by atoms with Crippen molar-refractivity contribution < 1.29 is 4.79 Å². The van der Waals surface area contributed by atoms with Gasteiger partial charge in [-0.15, -0.1) is 0 Å². The van der Waals surface area contributed by atoms with Gasteiger partial charge >= 0.3 is 0 Å². The van der Waals surface area contributed by atoms with E-state index in [0.29, 0.717) is 6.04 Å². The number of piperidine rings is 2. The van der Waals surface area contributed by atoms with Crippen LogP contribution in [0.1, 0.15) is 58.8 Å². The van der Waals surface area contributed by atoms with E-state index >= 15 is 0 Å². The third-order valence-corrected chi connectivity index (χ3v) is 5.11. The number of unbranched alkanes of at least 4 members (excludes halogenated alkanes) is 1. The molecule has 2 aliphatic heterocycles. The summed E-state index contributed by atoms with van der Waals surface area (Å²) in [5.41, 5.74) is 0. The molecule has 0 aromatic rings. The molecule has 3 atom stereocenters. The SMILES string of the molecule is CC1CCCCN1CCCCNC(=O)[C@H]1CCN[C@@H](C)C1. The Labute approximate surface area is 130 Å². The van der Waals surface area contributed by atoms with Gasteiger partial charge in [0.1, 0.15) is 0 Å². The molecule has 0 aromatic carbocycles. The molecule has 0 spiro atoms. The predicted molar refractivity (Wildman–Crippen MR) is 87.3 cm³/mol. The molecule has 2 fully saturated rings. The van der Waals surface area contributed by atoms with E-state index in [4.69, 9.17) is 0 Å². The summed E-state index contributed by atoms with van der Waals surface area (Å²) in [7, 11) is 0. The Morgan fingerprint density at radius 1 is 1.24 bits per heavy atom. The maximum atomic E-state index is 12.1. The molecule has 0 bridgehead atoms. The Bertz CT molecular complexity index is 321. The number of likely N-dealkylation sites (tertiary alicyclic amines) is 1. The van der Waals surface area contributed by atoms with Crippen molar-refractivity contribution in [3.63, 3.8) is 0 Å². The highest BCUT2D eigenvalue weighted by atomic mass is 16.1. The van der Waals surface area contributed by atoms with E-state index < -0.39 is 0 Å². The lowest BCUT2D eigenvalue weighted by atomic mass is 9.92. The summed E-state index contributed by atoms with van der Waals surface area (Å²) in [6.45, 7) is 8.80. The first-order valence-electron chi connectivity index (χ1n) is 8.92. The molecule has 21 heavy (non-hydrogen) atoms. The number of hydrogen-bond acceptors (Lipinski definition) is 3. The summed E-state index contributed by atoms with van der Waals surface area (Å²) in [5.74, 6) is 0.498. The second-order valence-corrected chi connectivity index (χ2v) is 6.96. The Morgan fingerprint density at radius 2 is 2.10 bits per heavy atom. The van der Waals surface area contributed by atoms with E-state index in [1.807, 2.05) is 0 Å². The number of nitrogens with zero attached hydrogens (tertiary/aromatic N) is 1. The first kappa shape index (κ1) is 16.8. The molecule has 2 rings (SSSR count). The van der Waals surface area contributed by atoms with Gasteiger partial charge in [-0.2, -0.15) is 0 Å². The molecule has 4 nitrogen and oxygen atoms in total. The number of amides is 1. The van der Waals surface area contributed by atoms with Gasteiger partial charge in [-0.05, 0) is 72.0 Å². The van der Waals surface area contributed by atoms with Crippen LogP contribution in [0.3, 0.4) is 0 Å². The van der Waals surface area contributed by atoms with Crippen LogP contribution < -0.4 is 10.6 Å². The largest absolute Gasteiger partial charge is 0.356 e. The summed E-state index contributed by atoms with van der Waals surface area (Å²) in [4.78, 5) is 14.7. The third kappa shape index (κ3) is 5.59. The lowest BCUT2D eigenvalue weighted by molar-refractivity contribution is -0.126. The van der Waals surface area contributed by atoms with Crippen molar-refractivity contribution in [3.8, 4) is 0 Å². The highest BCUT2D eigenvalue weighted by Crippen LogP contribution is 2.17. The van der Waals surface area contributed by atoms with E-state index in [9.17, 15) is 4.79 Å². The van der Waals surface area contributed by atoms with Gasteiger partial charge in [-0.25, -0.2) is 0 Å². The number of carbonyl (C=O) groups excluding carboxylic acids is 1. The number of rotatable bonds is 6. The molecule has 1 unspecified atom stereocenters. The Hall–Kier alpha value is -0.610. The Morgan fingerprint density at radius 3 is 2.86 bits per heavy atom. The van der Waals surface area contributed by atoms with Crippen molar-refractivity contribution in [1.29, 1.82) is 0 Å². The number of hydrogen-bond donors (Lipinski definition) is 2. The van der Waals surface area contributed by atoms with Crippen molar-refractivity contribution >= 4 is 5.91 Å². The molecule has 122 valence electrons. The van der Waals surface area contributed by atoms with Crippen molar-refractivity contribution in [3.05, 3.63) is 0 Å². The first-order valence-corrected chi connectivity index (χ1v) is 8.92. The maximum absolute atomic E-state index is 12.1. The summed E-state index contributed by atoms with van der Waals surface area (Å²) < 4.78 is 0. The monoisotopic (exact) mass is 295 g/mol. The van der Waals surface area contributed by atoms with Gasteiger partial charge in [-0.3, -0.25) is 4.79 Å². The van der Waals surface area contributed by atoms with Gasteiger partial charge < -0.3 is 15.5 Å². The van der Waals surface area contributed by atoms with Crippen molar-refractivity contribution in [2.45, 2.75) is 70.9 Å². The first-order chi connectivity index (χ1) is 10.2. The average Bonchev–Trinajstić information content (AvgIpc) is 2.48. The molecule has 2 saturated heterocycles. The summed E-state index contributed by atoms with van der Waals surface area (Å²) >= 11 is 0.